The van der Waals surface area contributed by atoms with Gasteiger partial charge in [-0.1, -0.05) is 19.8 Å². The molecule has 5 nitrogen and oxygen atoms in total. The normalized spacial score (nSPS) is 39.6. The number of hydrogen-bond acceptors (Lipinski definition) is 5. The van der Waals surface area contributed by atoms with E-state index in [1.54, 1.807) is 0 Å². The van der Waals surface area contributed by atoms with Crippen molar-refractivity contribution in [2.45, 2.75) is 56.4 Å². The Morgan fingerprint density at radius 3 is 2.90 bits per heavy atom. The second-order valence-electron chi connectivity index (χ2n) is 5.48. The Balaban J connectivity index is 2.05. The van der Waals surface area contributed by atoms with E-state index in [1.165, 1.54) is 0 Å². The van der Waals surface area contributed by atoms with Gasteiger partial charge >= 0.3 is 0 Å². The monoisotopic (exact) mass is 320 g/mol. The zero-order valence-corrected chi connectivity index (χ0v) is 13.4. The molecule has 2 saturated heterocycles. The summed E-state index contributed by atoms with van der Waals surface area (Å²) < 4.78 is 17.0. The topological polar surface area (TPSA) is 68.2 Å². The molecule has 0 aromatic heterocycles. The van der Waals surface area contributed by atoms with Crippen LogP contribution in [0, 0.1) is 0 Å². The standard InChI is InChI=1S/C12H22BO5PS/c1-2-3-4-7-19(15,20)18-10-9-11(13)17-12(10,8-14)5-6-16-9/h9-11,14H,2-8H2,1H3,(H,15,20). The molecule has 2 aliphatic heterocycles. The Hall–Kier alpha value is 0.515. The Labute approximate surface area is 126 Å². The van der Waals surface area contributed by atoms with Crippen molar-refractivity contribution in [3.05, 3.63) is 0 Å². The van der Waals surface area contributed by atoms with Crippen LogP contribution in [0.2, 0.25) is 0 Å². The Bertz CT molecular complexity index is 385. The van der Waals surface area contributed by atoms with Gasteiger partial charge in [0.05, 0.1) is 13.2 Å². The molecule has 5 unspecified atom stereocenters. The summed E-state index contributed by atoms with van der Waals surface area (Å²) in [7, 11) is 5.87. The first kappa shape index (κ1) is 16.9. The van der Waals surface area contributed by atoms with Crippen LogP contribution in [0.3, 0.4) is 0 Å². The average molecular weight is 320 g/mol. The summed E-state index contributed by atoms with van der Waals surface area (Å²) in [4.78, 5) is 10.3. The number of ether oxygens (including phenoxy) is 2. The molecular formula is C12H22BO5PS. The molecule has 0 saturated carbocycles. The molecule has 114 valence electrons. The highest BCUT2D eigenvalue weighted by Gasteiger charge is 2.58. The smallest absolute Gasteiger partial charge is 0.186 e. The summed E-state index contributed by atoms with van der Waals surface area (Å²) in [6, 6.07) is -0.653. The predicted molar refractivity (Wildman–Crippen MR) is 80.6 cm³/mol. The number of aliphatic hydroxyl groups is 1. The first-order valence-electron chi connectivity index (χ1n) is 7.10. The summed E-state index contributed by atoms with van der Waals surface area (Å²) >= 11 is 5.22. The van der Waals surface area contributed by atoms with Crippen molar-refractivity contribution >= 4 is 26.1 Å². The maximum absolute atomic E-state index is 10.3. The fraction of sp³-hybridized carbons (Fsp3) is 1.00. The molecule has 0 aromatic carbocycles. The first-order valence-corrected chi connectivity index (χ1v) is 9.96. The zero-order valence-electron chi connectivity index (χ0n) is 11.7. The summed E-state index contributed by atoms with van der Waals surface area (Å²) in [5.74, 6) is 0. The Kier molecular flexibility index (Phi) is 5.68. The minimum atomic E-state index is -2.90. The van der Waals surface area contributed by atoms with Crippen LogP contribution in [-0.4, -0.2) is 61.0 Å². The molecular weight excluding hydrogens is 298 g/mol. The fourth-order valence-corrected chi connectivity index (χ4v) is 4.84. The van der Waals surface area contributed by atoms with Crippen LogP contribution in [0.15, 0.2) is 0 Å². The van der Waals surface area contributed by atoms with Gasteiger partial charge < -0.3 is 24.0 Å². The van der Waals surface area contributed by atoms with E-state index in [0.29, 0.717) is 19.2 Å². The van der Waals surface area contributed by atoms with E-state index in [2.05, 4.69) is 6.92 Å². The van der Waals surface area contributed by atoms with E-state index < -0.39 is 30.3 Å². The molecule has 2 fully saturated rings. The lowest BCUT2D eigenvalue weighted by Gasteiger charge is -2.39. The molecule has 2 bridgehead atoms. The molecule has 2 N–H and O–H groups in total. The lowest BCUT2D eigenvalue weighted by atomic mass is 9.86. The van der Waals surface area contributed by atoms with Crippen LogP contribution in [0.25, 0.3) is 0 Å². The minimum Gasteiger partial charge on any atom is -0.393 e. The number of aliphatic hydroxyl groups excluding tert-OH is 1. The van der Waals surface area contributed by atoms with Gasteiger partial charge in [0.1, 0.15) is 25.7 Å². The van der Waals surface area contributed by atoms with Crippen molar-refractivity contribution in [2.24, 2.45) is 0 Å². The van der Waals surface area contributed by atoms with Crippen molar-refractivity contribution in [2.75, 3.05) is 19.4 Å². The van der Waals surface area contributed by atoms with Gasteiger partial charge in [-0.15, -0.1) is 0 Å². The van der Waals surface area contributed by atoms with Gasteiger partial charge in [-0.05, 0) is 18.2 Å². The highest BCUT2D eigenvalue weighted by molar-refractivity contribution is 8.09. The quantitative estimate of drug-likeness (QED) is 0.413. The predicted octanol–water partition coefficient (Wildman–Crippen LogP) is 0.908. The Morgan fingerprint density at radius 1 is 1.50 bits per heavy atom. The lowest BCUT2D eigenvalue weighted by Crippen LogP contribution is -2.52. The van der Waals surface area contributed by atoms with Gasteiger partial charge in [0, 0.05) is 18.6 Å². The SMILES string of the molecule is [B]C1OC2(CO)CCOC1C2OP(O)(=S)CCCCC. The van der Waals surface area contributed by atoms with Gasteiger partial charge in [0.2, 0.25) is 0 Å². The van der Waals surface area contributed by atoms with Gasteiger partial charge in [0.25, 0.3) is 0 Å². The van der Waals surface area contributed by atoms with Gasteiger partial charge in [-0.2, -0.15) is 0 Å². The second kappa shape index (κ2) is 6.74. The van der Waals surface area contributed by atoms with Crippen molar-refractivity contribution in [1.82, 2.24) is 0 Å². The second-order valence-corrected chi connectivity index (χ2v) is 9.13. The highest BCUT2D eigenvalue weighted by Crippen LogP contribution is 2.51. The Morgan fingerprint density at radius 2 is 2.25 bits per heavy atom. The van der Waals surface area contributed by atoms with Gasteiger partial charge in [-0.25, -0.2) is 0 Å². The largest absolute Gasteiger partial charge is 0.393 e. The molecule has 0 aromatic rings. The molecule has 8 heteroatoms. The van der Waals surface area contributed by atoms with Crippen LogP contribution in [0.4, 0.5) is 0 Å². The molecule has 0 spiro atoms. The minimum absolute atomic E-state index is 0.213. The van der Waals surface area contributed by atoms with E-state index in [4.69, 9.17) is 33.7 Å². The molecule has 2 heterocycles. The summed E-state index contributed by atoms with van der Waals surface area (Å²) in [6.07, 6.45) is 2.79. The van der Waals surface area contributed by atoms with Crippen molar-refractivity contribution < 1.29 is 24.0 Å². The van der Waals surface area contributed by atoms with E-state index in [-0.39, 0.29) is 6.61 Å². The van der Waals surface area contributed by atoms with E-state index >= 15 is 0 Å². The number of fused-ring (bicyclic) bond motifs is 2. The van der Waals surface area contributed by atoms with E-state index in [0.717, 1.165) is 19.3 Å². The van der Waals surface area contributed by atoms with Crippen LogP contribution in [0.5, 0.6) is 0 Å². The number of unbranched alkanes of at least 4 members (excludes halogenated alkanes) is 2. The highest BCUT2D eigenvalue weighted by atomic mass is 32.5. The fourth-order valence-electron chi connectivity index (χ4n) is 2.78. The maximum atomic E-state index is 10.3. The molecule has 20 heavy (non-hydrogen) atoms. The van der Waals surface area contributed by atoms with Crippen LogP contribution < -0.4 is 0 Å². The van der Waals surface area contributed by atoms with Gasteiger partial charge in [0.15, 0.2) is 6.49 Å². The van der Waals surface area contributed by atoms with E-state index in [9.17, 15) is 10.00 Å². The molecule has 2 rings (SSSR count). The molecule has 0 amide bonds. The molecule has 2 radical (unpaired) electrons. The van der Waals surface area contributed by atoms with Crippen LogP contribution in [-0.2, 0) is 25.8 Å². The van der Waals surface area contributed by atoms with Crippen molar-refractivity contribution in [1.29, 1.82) is 0 Å². The van der Waals surface area contributed by atoms with E-state index in [1.807, 2.05) is 0 Å². The third kappa shape index (κ3) is 3.46. The zero-order chi connectivity index (χ0) is 14.8. The summed E-state index contributed by atoms with van der Waals surface area (Å²) in [6.45, 7) is -0.565. The van der Waals surface area contributed by atoms with Crippen LogP contribution >= 0.6 is 6.49 Å². The third-order valence-corrected chi connectivity index (χ3v) is 6.18. The lowest BCUT2D eigenvalue weighted by molar-refractivity contribution is -0.128. The number of rotatable bonds is 7. The summed E-state index contributed by atoms with van der Waals surface area (Å²) in [5.41, 5.74) is -0.889. The van der Waals surface area contributed by atoms with Crippen molar-refractivity contribution in [3.8, 4) is 0 Å². The maximum Gasteiger partial charge on any atom is 0.186 e. The summed E-state index contributed by atoms with van der Waals surface area (Å²) in [5, 5.41) is 9.65. The third-order valence-electron chi connectivity index (χ3n) is 3.94. The first-order chi connectivity index (χ1) is 9.44. The van der Waals surface area contributed by atoms with Crippen molar-refractivity contribution in [3.63, 3.8) is 0 Å². The molecule has 2 aliphatic rings. The molecule has 0 aliphatic carbocycles. The average Bonchev–Trinajstić information content (AvgIpc) is 2.55. The van der Waals surface area contributed by atoms with Crippen LogP contribution in [0.1, 0.15) is 32.6 Å². The molecule has 5 atom stereocenters. The number of hydrogen-bond donors (Lipinski definition) is 2. The van der Waals surface area contributed by atoms with Gasteiger partial charge in [-0.3, -0.25) is 0 Å².